The standard InChI is InChI=1S/C18H19FN2O2S2/c1-13-6-8-14(9-7-13)10-24-11-17(22)20-21-18(23)12-25-16-5-3-2-4-15(16)19/h2-9H,10-12H2,1H3,(H,20,22)(H,21,23). The Morgan fingerprint density at radius 3 is 2.28 bits per heavy atom. The molecule has 2 rings (SSSR count). The summed E-state index contributed by atoms with van der Waals surface area (Å²) in [6, 6.07) is 14.4. The van der Waals surface area contributed by atoms with Crippen LogP contribution in [-0.4, -0.2) is 23.3 Å². The van der Waals surface area contributed by atoms with E-state index in [4.69, 9.17) is 0 Å². The van der Waals surface area contributed by atoms with Crippen molar-refractivity contribution >= 4 is 35.3 Å². The zero-order chi connectivity index (χ0) is 18.1. The summed E-state index contributed by atoms with van der Waals surface area (Å²) in [6.07, 6.45) is 0. The number of thioether (sulfide) groups is 2. The second kappa shape index (κ2) is 10.1. The van der Waals surface area contributed by atoms with Crippen LogP contribution in [0.5, 0.6) is 0 Å². The van der Waals surface area contributed by atoms with E-state index in [-0.39, 0.29) is 29.1 Å². The summed E-state index contributed by atoms with van der Waals surface area (Å²) in [6.45, 7) is 2.03. The number of hydrazine groups is 1. The summed E-state index contributed by atoms with van der Waals surface area (Å²) >= 11 is 2.55. The van der Waals surface area contributed by atoms with Crippen molar-refractivity contribution < 1.29 is 14.0 Å². The van der Waals surface area contributed by atoms with E-state index in [1.165, 1.54) is 23.4 Å². The number of carbonyl (C=O) groups is 2. The van der Waals surface area contributed by atoms with Gasteiger partial charge in [0, 0.05) is 10.6 Å². The number of nitrogens with one attached hydrogen (secondary N) is 2. The highest BCUT2D eigenvalue weighted by atomic mass is 32.2. The fourth-order valence-electron chi connectivity index (χ4n) is 1.86. The smallest absolute Gasteiger partial charge is 0.248 e. The Labute approximate surface area is 154 Å². The monoisotopic (exact) mass is 378 g/mol. The largest absolute Gasteiger partial charge is 0.272 e. The highest BCUT2D eigenvalue weighted by Crippen LogP contribution is 2.20. The molecular weight excluding hydrogens is 359 g/mol. The molecule has 132 valence electrons. The van der Waals surface area contributed by atoms with Crippen LogP contribution >= 0.6 is 23.5 Å². The molecule has 0 aliphatic heterocycles. The van der Waals surface area contributed by atoms with E-state index < -0.39 is 0 Å². The third-order valence-corrected chi connectivity index (χ3v) is 5.21. The van der Waals surface area contributed by atoms with Crippen LogP contribution < -0.4 is 10.9 Å². The summed E-state index contributed by atoms with van der Waals surface area (Å²) in [7, 11) is 0. The van der Waals surface area contributed by atoms with E-state index in [1.54, 1.807) is 18.2 Å². The van der Waals surface area contributed by atoms with Gasteiger partial charge in [-0.25, -0.2) is 4.39 Å². The molecule has 0 aromatic heterocycles. The fourth-order valence-corrected chi connectivity index (χ4v) is 3.39. The Balaban J connectivity index is 1.61. The molecule has 0 unspecified atom stereocenters. The Kier molecular flexibility index (Phi) is 7.81. The number of amides is 2. The molecule has 0 heterocycles. The molecule has 2 amide bonds. The maximum atomic E-state index is 13.4. The first-order valence-electron chi connectivity index (χ1n) is 7.63. The highest BCUT2D eigenvalue weighted by Gasteiger charge is 2.08. The van der Waals surface area contributed by atoms with Gasteiger partial charge in [-0.2, -0.15) is 0 Å². The van der Waals surface area contributed by atoms with Gasteiger partial charge in [0.25, 0.3) is 0 Å². The van der Waals surface area contributed by atoms with Crippen molar-refractivity contribution in [3.63, 3.8) is 0 Å². The van der Waals surface area contributed by atoms with E-state index in [2.05, 4.69) is 10.9 Å². The number of halogens is 1. The van der Waals surface area contributed by atoms with Crippen molar-refractivity contribution in [3.05, 3.63) is 65.5 Å². The van der Waals surface area contributed by atoms with Gasteiger partial charge >= 0.3 is 0 Å². The van der Waals surface area contributed by atoms with Gasteiger partial charge in [0.2, 0.25) is 11.8 Å². The van der Waals surface area contributed by atoms with Gasteiger partial charge in [0.05, 0.1) is 11.5 Å². The number of rotatable bonds is 7. The van der Waals surface area contributed by atoms with Crippen LogP contribution in [0.2, 0.25) is 0 Å². The Hall–Kier alpha value is -1.99. The van der Waals surface area contributed by atoms with E-state index in [0.29, 0.717) is 4.90 Å². The third-order valence-electron chi connectivity index (χ3n) is 3.16. The summed E-state index contributed by atoms with van der Waals surface area (Å²) in [5, 5.41) is 0. The summed E-state index contributed by atoms with van der Waals surface area (Å²) in [5.74, 6) is -0.0276. The molecule has 0 bridgehead atoms. The average Bonchev–Trinajstić information content (AvgIpc) is 2.61. The van der Waals surface area contributed by atoms with E-state index in [9.17, 15) is 14.0 Å². The number of aryl methyl sites for hydroxylation is 1. The molecule has 0 aliphatic carbocycles. The van der Waals surface area contributed by atoms with Crippen LogP contribution in [0.1, 0.15) is 11.1 Å². The lowest BCUT2D eigenvalue weighted by atomic mass is 10.2. The second-order valence-electron chi connectivity index (χ2n) is 5.29. The van der Waals surface area contributed by atoms with Crippen LogP contribution in [0.3, 0.4) is 0 Å². The van der Waals surface area contributed by atoms with Gasteiger partial charge in [-0.15, -0.1) is 23.5 Å². The molecule has 2 N–H and O–H groups in total. The molecule has 0 atom stereocenters. The van der Waals surface area contributed by atoms with Gasteiger partial charge in [-0.1, -0.05) is 42.0 Å². The SMILES string of the molecule is Cc1ccc(CSCC(=O)NNC(=O)CSc2ccccc2F)cc1. The number of hydrogen-bond donors (Lipinski definition) is 2. The van der Waals surface area contributed by atoms with Gasteiger partial charge in [-0.05, 0) is 24.6 Å². The normalized spacial score (nSPS) is 10.3. The lowest BCUT2D eigenvalue weighted by molar-refractivity contribution is -0.126. The maximum absolute atomic E-state index is 13.4. The first-order valence-corrected chi connectivity index (χ1v) is 9.77. The van der Waals surface area contributed by atoms with Crippen molar-refractivity contribution in [3.8, 4) is 0 Å². The van der Waals surface area contributed by atoms with Crippen LogP contribution in [0, 0.1) is 12.7 Å². The van der Waals surface area contributed by atoms with Gasteiger partial charge < -0.3 is 0 Å². The minimum atomic E-state index is -0.384. The molecule has 2 aromatic carbocycles. The molecule has 0 aliphatic rings. The summed E-state index contributed by atoms with van der Waals surface area (Å²) < 4.78 is 13.4. The Morgan fingerprint density at radius 2 is 1.60 bits per heavy atom. The van der Waals surface area contributed by atoms with Crippen molar-refractivity contribution in [1.82, 2.24) is 10.9 Å². The summed E-state index contributed by atoms with van der Waals surface area (Å²) in [4.78, 5) is 23.8. The maximum Gasteiger partial charge on any atom is 0.248 e. The van der Waals surface area contributed by atoms with Crippen molar-refractivity contribution in [2.24, 2.45) is 0 Å². The van der Waals surface area contributed by atoms with Crippen molar-refractivity contribution in [1.29, 1.82) is 0 Å². The number of benzene rings is 2. The molecule has 0 saturated carbocycles. The zero-order valence-corrected chi connectivity index (χ0v) is 15.4. The van der Waals surface area contributed by atoms with Crippen molar-refractivity contribution in [2.45, 2.75) is 17.6 Å². The van der Waals surface area contributed by atoms with E-state index >= 15 is 0 Å². The molecule has 0 spiro atoms. The number of hydrogen-bond acceptors (Lipinski definition) is 4. The lowest BCUT2D eigenvalue weighted by Gasteiger charge is -2.08. The van der Waals surface area contributed by atoms with Crippen molar-refractivity contribution in [2.75, 3.05) is 11.5 Å². The van der Waals surface area contributed by atoms with Gasteiger partial charge in [0.15, 0.2) is 0 Å². The topological polar surface area (TPSA) is 58.2 Å². The molecule has 0 radical (unpaired) electrons. The number of carbonyl (C=O) groups excluding carboxylic acids is 2. The first kappa shape index (κ1) is 19.3. The van der Waals surface area contributed by atoms with Gasteiger partial charge in [-0.3, -0.25) is 20.4 Å². The molecule has 7 heteroatoms. The predicted molar refractivity (Wildman–Crippen MR) is 101 cm³/mol. The molecule has 0 saturated heterocycles. The molecule has 25 heavy (non-hydrogen) atoms. The summed E-state index contributed by atoms with van der Waals surface area (Å²) in [5.41, 5.74) is 7.04. The van der Waals surface area contributed by atoms with Gasteiger partial charge in [0.1, 0.15) is 5.82 Å². The third kappa shape index (κ3) is 7.19. The molecule has 2 aromatic rings. The first-order chi connectivity index (χ1) is 12.0. The van der Waals surface area contributed by atoms with Crippen LogP contribution in [0.4, 0.5) is 4.39 Å². The minimum Gasteiger partial charge on any atom is -0.272 e. The highest BCUT2D eigenvalue weighted by molar-refractivity contribution is 8.00. The minimum absolute atomic E-state index is 0.0255. The lowest BCUT2D eigenvalue weighted by Crippen LogP contribution is -2.43. The predicted octanol–water partition coefficient (Wildman–Crippen LogP) is 3.31. The van der Waals surface area contributed by atoms with Crippen LogP contribution in [-0.2, 0) is 15.3 Å². The molecule has 4 nitrogen and oxygen atoms in total. The second-order valence-corrected chi connectivity index (χ2v) is 7.30. The quantitative estimate of drug-likeness (QED) is 0.573. The fraction of sp³-hybridized carbons (Fsp3) is 0.222. The Morgan fingerprint density at radius 1 is 0.960 bits per heavy atom. The zero-order valence-electron chi connectivity index (χ0n) is 13.8. The molecule has 0 fully saturated rings. The Bertz CT molecular complexity index is 723. The molecular formula is C18H19FN2O2S2. The van der Waals surface area contributed by atoms with Crippen LogP contribution in [0.25, 0.3) is 0 Å². The van der Waals surface area contributed by atoms with Crippen LogP contribution in [0.15, 0.2) is 53.4 Å². The van der Waals surface area contributed by atoms with E-state index in [0.717, 1.165) is 23.1 Å². The van der Waals surface area contributed by atoms with E-state index in [1.807, 2.05) is 31.2 Å². The average molecular weight is 378 g/mol.